The highest BCUT2D eigenvalue weighted by Crippen LogP contribution is 2.29. The molecule has 82 valence electrons. The van der Waals surface area contributed by atoms with E-state index in [2.05, 4.69) is 26.1 Å². The van der Waals surface area contributed by atoms with E-state index in [1.54, 1.807) is 0 Å². The van der Waals surface area contributed by atoms with Gasteiger partial charge in [-0.05, 0) is 12.8 Å². The van der Waals surface area contributed by atoms with Crippen LogP contribution in [0.25, 0.3) is 0 Å². The molecule has 1 N–H and O–H groups in total. The van der Waals surface area contributed by atoms with Crippen molar-refractivity contribution in [3.8, 4) is 0 Å². The van der Waals surface area contributed by atoms with Gasteiger partial charge in [0.05, 0.1) is 5.41 Å². The number of carbonyl (C=O) groups excluding carboxylic acids is 1. The topological polar surface area (TPSA) is 29.1 Å². The molecule has 1 heterocycles. The third-order valence-corrected chi connectivity index (χ3v) is 3.39. The van der Waals surface area contributed by atoms with Gasteiger partial charge < -0.3 is 5.32 Å². The van der Waals surface area contributed by atoms with Gasteiger partial charge in [0.2, 0.25) is 0 Å². The average Bonchev–Trinajstić information content (AvgIpc) is 2.15. The number of hydrogen-bond donors (Lipinski definition) is 1. The molecule has 1 aliphatic heterocycles. The second kappa shape index (κ2) is 4.92. The van der Waals surface area contributed by atoms with Crippen molar-refractivity contribution in [3.05, 3.63) is 0 Å². The van der Waals surface area contributed by atoms with E-state index in [0.29, 0.717) is 11.7 Å². The Balaban J connectivity index is 2.46. The first-order chi connectivity index (χ1) is 6.64. The summed E-state index contributed by atoms with van der Waals surface area (Å²) in [7, 11) is 0. The molecule has 1 atom stereocenters. The van der Waals surface area contributed by atoms with Crippen LogP contribution < -0.4 is 5.32 Å². The summed E-state index contributed by atoms with van der Waals surface area (Å²) in [5, 5.41) is 3.20. The predicted octanol–water partition coefficient (Wildman–Crippen LogP) is 2.38. The second-order valence-corrected chi connectivity index (χ2v) is 4.78. The van der Waals surface area contributed by atoms with Crippen molar-refractivity contribution in [1.82, 2.24) is 5.32 Å². The lowest BCUT2D eigenvalue weighted by molar-refractivity contribution is -0.135. The molecule has 1 unspecified atom stereocenters. The van der Waals surface area contributed by atoms with Crippen LogP contribution in [0.15, 0.2) is 0 Å². The van der Waals surface area contributed by atoms with Crippen LogP contribution in [0.2, 0.25) is 0 Å². The molecule has 2 heteroatoms. The minimum atomic E-state index is -0.0472. The minimum absolute atomic E-state index is 0.0472. The standard InChI is InChI=1S/C12H23NO/c1-4-6-7-10(5-2)11(14)12(3)8-13-9-12/h10,13H,4-9H2,1-3H3. The van der Waals surface area contributed by atoms with Crippen LogP contribution in [0.4, 0.5) is 0 Å². The van der Waals surface area contributed by atoms with Gasteiger partial charge in [0, 0.05) is 19.0 Å². The monoisotopic (exact) mass is 197 g/mol. The Morgan fingerprint density at radius 2 is 2.07 bits per heavy atom. The molecule has 0 aromatic heterocycles. The van der Waals surface area contributed by atoms with Crippen molar-refractivity contribution in [2.75, 3.05) is 13.1 Å². The molecule has 0 aliphatic carbocycles. The highest BCUT2D eigenvalue weighted by molar-refractivity contribution is 5.88. The Morgan fingerprint density at radius 3 is 2.43 bits per heavy atom. The predicted molar refractivity (Wildman–Crippen MR) is 59.3 cm³/mol. The van der Waals surface area contributed by atoms with Crippen molar-refractivity contribution in [2.45, 2.75) is 46.5 Å². The number of Topliss-reactive ketones (excluding diaryl/α,β-unsaturated/α-hetero) is 1. The van der Waals surface area contributed by atoms with Crippen LogP contribution in [0.3, 0.4) is 0 Å². The maximum absolute atomic E-state index is 12.1. The summed E-state index contributed by atoms with van der Waals surface area (Å²) in [6.07, 6.45) is 4.47. The van der Waals surface area contributed by atoms with Gasteiger partial charge in [-0.2, -0.15) is 0 Å². The summed E-state index contributed by atoms with van der Waals surface area (Å²) in [6, 6.07) is 0. The summed E-state index contributed by atoms with van der Waals surface area (Å²) >= 11 is 0. The number of rotatable bonds is 6. The molecule has 0 aromatic carbocycles. The first kappa shape index (κ1) is 11.7. The van der Waals surface area contributed by atoms with Crippen molar-refractivity contribution in [2.24, 2.45) is 11.3 Å². The highest BCUT2D eigenvalue weighted by atomic mass is 16.1. The molecule has 14 heavy (non-hydrogen) atoms. The van der Waals surface area contributed by atoms with E-state index in [1.807, 2.05) is 0 Å². The fourth-order valence-corrected chi connectivity index (χ4v) is 2.14. The molecule has 0 spiro atoms. The Morgan fingerprint density at radius 1 is 1.43 bits per heavy atom. The van der Waals surface area contributed by atoms with E-state index in [-0.39, 0.29) is 5.41 Å². The molecule has 1 rings (SSSR count). The third kappa shape index (κ3) is 2.35. The molecule has 1 aliphatic rings. The molecule has 1 fully saturated rings. The summed E-state index contributed by atoms with van der Waals surface area (Å²) < 4.78 is 0. The van der Waals surface area contributed by atoms with Crippen molar-refractivity contribution >= 4 is 5.78 Å². The third-order valence-electron chi connectivity index (χ3n) is 3.39. The Hall–Kier alpha value is -0.370. The van der Waals surface area contributed by atoms with Crippen LogP contribution in [-0.2, 0) is 4.79 Å². The SMILES string of the molecule is CCCCC(CC)C(=O)C1(C)CNC1. The maximum atomic E-state index is 12.1. The molecule has 2 nitrogen and oxygen atoms in total. The molecule has 0 saturated carbocycles. The number of hydrogen-bond acceptors (Lipinski definition) is 2. The molecule has 0 aromatic rings. The number of carbonyl (C=O) groups is 1. The van der Waals surface area contributed by atoms with E-state index in [1.165, 1.54) is 12.8 Å². The summed E-state index contributed by atoms with van der Waals surface area (Å²) in [5.74, 6) is 0.800. The lowest BCUT2D eigenvalue weighted by Gasteiger charge is -2.40. The highest BCUT2D eigenvalue weighted by Gasteiger charge is 2.41. The lowest BCUT2D eigenvalue weighted by atomic mass is 9.73. The Kier molecular flexibility index (Phi) is 4.11. The smallest absolute Gasteiger partial charge is 0.144 e. The van der Waals surface area contributed by atoms with Crippen LogP contribution in [0.1, 0.15) is 46.5 Å². The summed E-state index contributed by atoms with van der Waals surface area (Å²) in [4.78, 5) is 12.1. The number of ketones is 1. The molecule has 0 radical (unpaired) electrons. The van der Waals surface area contributed by atoms with E-state index in [9.17, 15) is 4.79 Å². The van der Waals surface area contributed by atoms with Crippen LogP contribution in [0, 0.1) is 11.3 Å². The molecular formula is C12H23NO. The van der Waals surface area contributed by atoms with Crippen LogP contribution in [-0.4, -0.2) is 18.9 Å². The van der Waals surface area contributed by atoms with Crippen LogP contribution in [0.5, 0.6) is 0 Å². The Bertz CT molecular complexity index is 196. The van der Waals surface area contributed by atoms with E-state index < -0.39 is 0 Å². The molecule has 1 saturated heterocycles. The average molecular weight is 197 g/mol. The van der Waals surface area contributed by atoms with Gasteiger partial charge >= 0.3 is 0 Å². The fraction of sp³-hybridized carbons (Fsp3) is 0.917. The zero-order valence-electron chi connectivity index (χ0n) is 9.73. The van der Waals surface area contributed by atoms with Crippen molar-refractivity contribution in [1.29, 1.82) is 0 Å². The van der Waals surface area contributed by atoms with Gasteiger partial charge in [0.1, 0.15) is 5.78 Å². The molecular weight excluding hydrogens is 174 g/mol. The quantitative estimate of drug-likeness (QED) is 0.708. The molecule has 0 bridgehead atoms. The van der Waals surface area contributed by atoms with Gasteiger partial charge in [-0.15, -0.1) is 0 Å². The van der Waals surface area contributed by atoms with Crippen molar-refractivity contribution < 1.29 is 4.79 Å². The zero-order valence-corrected chi connectivity index (χ0v) is 9.73. The fourth-order valence-electron chi connectivity index (χ4n) is 2.14. The van der Waals surface area contributed by atoms with Gasteiger partial charge in [-0.25, -0.2) is 0 Å². The maximum Gasteiger partial charge on any atom is 0.144 e. The molecule has 0 amide bonds. The normalized spacial score (nSPS) is 21.4. The van der Waals surface area contributed by atoms with Crippen molar-refractivity contribution in [3.63, 3.8) is 0 Å². The zero-order chi connectivity index (χ0) is 10.6. The number of nitrogens with one attached hydrogen (secondary N) is 1. The second-order valence-electron chi connectivity index (χ2n) is 4.78. The first-order valence-electron chi connectivity index (χ1n) is 5.89. The van der Waals surface area contributed by atoms with Crippen LogP contribution >= 0.6 is 0 Å². The Labute approximate surface area is 87.5 Å². The number of unbranched alkanes of at least 4 members (excludes halogenated alkanes) is 1. The van der Waals surface area contributed by atoms with Gasteiger partial charge in [-0.1, -0.05) is 33.6 Å². The van der Waals surface area contributed by atoms with Gasteiger partial charge in [-0.3, -0.25) is 4.79 Å². The summed E-state index contributed by atoms with van der Waals surface area (Å²) in [6.45, 7) is 8.18. The summed E-state index contributed by atoms with van der Waals surface area (Å²) in [5.41, 5.74) is -0.0472. The minimum Gasteiger partial charge on any atom is -0.315 e. The lowest BCUT2D eigenvalue weighted by Crippen LogP contribution is -2.57. The van der Waals surface area contributed by atoms with E-state index in [4.69, 9.17) is 0 Å². The van der Waals surface area contributed by atoms with E-state index in [0.717, 1.165) is 25.9 Å². The first-order valence-corrected chi connectivity index (χ1v) is 5.89. The largest absolute Gasteiger partial charge is 0.315 e. The van der Waals surface area contributed by atoms with Gasteiger partial charge in [0.15, 0.2) is 0 Å². The van der Waals surface area contributed by atoms with Gasteiger partial charge in [0.25, 0.3) is 0 Å². The van der Waals surface area contributed by atoms with E-state index >= 15 is 0 Å².